The SMILES string of the molecule is CC(C)(O)c1ccccc1-c1ccc2[nH]c(/C=C/c3cccc(Cl)c3)nc2c1. The number of benzene rings is 3. The van der Waals surface area contributed by atoms with E-state index in [1.165, 1.54) is 0 Å². The van der Waals surface area contributed by atoms with Crippen molar-refractivity contribution in [2.75, 3.05) is 0 Å². The lowest BCUT2D eigenvalue weighted by Gasteiger charge is -2.21. The van der Waals surface area contributed by atoms with Gasteiger partial charge in [0.15, 0.2) is 0 Å². The van der Waals surface area contributed by atoms with Gasteiger partial charge in [-0.25, -0.2) is 4.98 Å². The molecule has 0 spiro atoms. The average molecular weight is 389 g/mol. The molecule has 1 heterocycles. The minimum atomic E-state index is -0.915. The van der Waals surface area contributed by atoms with Gasteiger partial charge in [-0.05, 0) is 66.4 Å². The van der Waals surface area contributed by atoms with Crippen molar-refractivity contribution in [3.05, 3.63) is 88.7 Å². The number of fused-ring (bicyclic) bond motifs is 1. The normalized spacial score (nSPS) is 12.1. The fraction of sp³-hybridized carbons (Fsp3) is 0.125. The minimum absolute atomic E-state index is 0.710. The Balaban J connectivity index is 1.70. The van der Waals surface area contributed by atoms with E-state index in [2.05, 4.69) is 11.1 Å². The van der Waals surface area contributed by atoms with Crippen LogP contribution in [0.5, 0.6) is 0 Å². The van der Waals surface area contributed by atoms with Crippen molar-refractivity contribution < 1.29 is 5.11 Å². The Labute approximate surface area is 169 Å². The molecule has 0 atom stereocenters. The summed E-state index contributed by atoms with van der Waals surface area (Å²) < 4.78 is 0. The zero-order chi connectivity index (χ0) is 19.7. The Hall–Kier alpha value is -2.88. The summed E-state index contributed by atoms with van der Waals surface area (Å²) in [6.45, 7) is 3.61. The van der Waals surface area contributed by atoms with Crippen molar-refractivity contribution in [1.29, 1.82) is 0 Å². The summed E-state index contributed by atoms with van der Waals surface area (Å²) in [6, 6.07) is 21.7. The lowest BCUT2D eigenvalue weighted by atomic mass is 9.89. The van der Waals surface area contributed by atoms with Crippen molar-refractivity contribution in [3.8, 4) is 11.1 Å². The molecule has 1 aromatic heterocycles. The van der Waals surface area contributed by atoms with Crippen LogP contribution in [0.4, 0.5) is 0 Å². The quantitative estimate of drug-likeness (QED) is 0.432. The number of hydrogen-bond donors (Lipinski definition) is 2. The maximum Gasteiger partial charge on any atom is 0.131 e. The first kappa shape index (κ1) is 18.5. The van der Waals surface area contributed by atoms with E-state index in [1.54, 1.807) is 13.8 Å². The van der Waals surface area contributed by atoms with E-state index in [9.17, 15) is 5.11 Å². The van der Waals surface area contributed by atoms with Gasteiger partial charge in [0.25, 0.3) is 0 Å². The minimum Gasteiger partial charge on any atom is -0.386 e. The predicted molar refractivity (Wildman–Crippen MR) is 117 cm³/mol. The van der Waals surface area contributed by atoms with Crippen molar-refractivity contribution in [1.82, 2.24) is 9.97 Å². The summed E-state index contributed by atoms with van der Waals surface area (Å²) in [5.41, 5.74) is 4.89. The van der Waals surface area contributed by atoms with Crippen LogP contribution in [0.25, 0.3) is 34.3 Å². The number of nitrogens with one attached hydrogen (secondary N) is 1. The fourth-order valence-electron chi connectivity index (χ4n) is 3.33. The van der Waals surface area contributed by atoms with Crippen LogP contribution in [0.15, 0.2) is 66.7 Å². The number of H-pyrrole nitrogens is 1. The van der Waals surface area contributed by atoms with Crippen LogP contribution < -0.4 is 0 Å². The molecule has 0 aliphatic heterocycles. The molecule has 2 N–H and O–H groups in total. The van der Waals surface area contributed by atoms with Gasteiger partial charge in [0.2, 0.25) is 0 Å². The third-order valence-corrected chi connectivity index (χ3v) is 4.92. The second-order valence-electron chi connectivity index (χ2n) is 7.35. The summed E-state index contributed by atoms with van der Waals surface area (Å²) in [5.74, 6) is 0.780. The number of hydrogen-bond acceptors (Lipinski definition) is 2. The molecule has 0 radical (unpaired) electrons. The van der Waals surface area contributed by atoms with E-state index in [4.69, 9.17) is 16.6 Å². The number of aromatic amines is 1. The van der Waals surface area contributed by atoms with E-state index >= 15 is 0 Å². The van der Waals surface area contributed by atoms with Gasteiger partial charge in [-0.2, -0.15) is 0 Å². The van der Waals surface area contributed by atoms with Crippen molar-refractivity contribution >= 4 is 34.8 Å². The smallest absolute Gasteiger partial charge is 0.131 e. The Morgan fingerprint density at radius 2 is 1.79 bits per heavy atom. The van der Waals surface area contributed by atoms with Crippen molar-refractivity contribution in [3.63, 3.8) is 0 Å². The third-order valence-electron chi connectivity index (χ3n) is 4.68. The lowest BCUT2D eigenvalue weighted by Crippen LogP contribution is -2.16. The second-order valence-corrected chi connectivity index (χ2v) is 7.78. The molecule has 28 heavy (non-hydrogen) atoms. The maximum atomic E-state index is 10.5. The highest BCUT2D eigenvalue weighted by Gasteiger charge is 2.20. The zero-order valence-corrected chi connectivity index (χ0v) is 16.5. The Morgan fingerprint density at radius 3 is 2.57 bits per heavy atom. The van der Waals surface area contributed by atoms with Crippen LogP contribution in [0.2, 0.25) is 5.02 Å². The number of halogens is 1. The van der Waals surface area contributed by atoms with Gasteiger partial charge in [-0.15, -0.1) is 0 Å². The molecule has 4 rings (SSSR count). The van der Waals surface area contributed by atoms with Crippen LogP contribution in [0.3, 0.4) is 0 Å². The van der Waals surface area contributed by atoms with Gasteiger partial charge in [-0.3, -0.25) is 0 Å². The molecule has 0 saturated carbocycles. The average Bonchev–Trinajstić information content (AvgIpc) is 3.08. The molecule has 0 aliphatic carbocycles. The highest BCUT2D eigenvalue weighted by Crippen LogP contribution is 2.32. The summed E-state index contributed by atoms with van der Waals surface area (Å²) >= 11 is 6.04. The third kappa shape index (κ3) is 3.86. The summed E-state index contributed by atoms with van der Waals surface area (Å²) in [7, 11) is 0. The van der Waals surface area contributed by atoms with Crippen molar-refractivity contribution in [2.24, 2.45) is 0 Å². The van der Waals surface area contributed by atoms with Gasteiger partial charge in [0, 0.05) is 5.02 Å². The predicted octanol–water partition coefficient (Wildman–Crippen LogP) is 6.28. The maximum absolute atomic E-state index is 10.5. The van der Waals surface area contributed by atoms with Gasteiger partial charge >= 0.3 is 0 Å². The molecule has 3 aromatic carbocycles. The topological polar surface area (TPSA) is 48.9 Å². The van der Waals surface area contributed by atoms with E-state index in [0.29, 0.717) is 5.02 Å². The number of rotatable bonds is 4. The molecular weight excluding hydrogens is 368 g/mol. The number of nitrogens with zero attached hydrogens (tertiary/aromatic N) is 1. The number of imidazole rings is 1. The summed E-state index contributed by atoms with van der Waals surface area (Å²) in [4.78, 5) is 8.01. The zero-order valence-electron chi connectivity index (χ0n) is 15.8. The first-order valence-corrected chi connectivity index (χ1v) is 9.54. The van der Waals surface area contributed by atoms with E-state index < -0.39 is 5.60 Å². The molecule has 0 saturated heterocycles. The van der Waals surface area contributed by atoms with Gasteiger partial charge in [0.05, 0.1) is 16.6 Å². The fourth-order valence-corrected chi connectivity index (χ4v) is 3.52. The summed E-state index contributed by atoms with van der Waals surface area (Å²) in [6.07, 6.45) is 3.92. The molecule has 4 aromatic rings. The highest BCUT2D eigenvalue weighted by molar-refractivity contribution is 6.30. The monoisotopic (exact) mass is 388 g/mol. The molecule has 0 amide bonds. The lowest BCUT2D eigenvalue weighted by molar-refractivity contribution is 0.0792. The molecular formula is C24H21ClN2O. The Kier molecular flexibility index (Phi) is 4.80. The van der Waals surface area contributed by atoms with Gasteiger partial charge in [0.1, 0.15) is 5.82 Å². The molecule has 0 unspecified atom stereocenters. The van der Waals surface area contributed by atoms with E-state index in [0.717, 1.165) is 39.1 Å². The first-order valence-electron chi connectivity index (χ1n) is 9.16. The van der Waals surface area contributed by atoms with Crippen LogP contribution in [0.1, 0.15) is 30.8 Å². The van der Waals surface area contributed by atoms with E-state index in [-0.39, 0.29) is 0 Å². The Morgan fingerprint density at radius 1 is 0.964 bits per heavy atom. The highest BCUT2D eigenvalue weighted by atomic mass is 35.5. The van der Waals surface area contributed by atoms with Crippen molar-refractivity contribution in [2.45, 2.75) is 19.4 Å². The van der Waals surface area contributed by atoms with Crippen LogP contribution in [0, 0.1) is 0 Å². The largest absolute Gasteiger partial charge is 0.386 e. The standard InChI is InChI=1S/C24H21ClN2O/c1-24(2,28)20-9-4-3-8-19(20)17-11-12-21-22(15-17)27-23(26-21)13-10-16-6-5-7-18(25)14-16/h3-15,28H,1-2H3,(H,26,27)/b13-10+. The first-order chi connectivity index (χ1) is 13.4. The number of aliphatic hydroxyl groups is 1. The van der Waals surface area contributed by atoms with Crippen LogP contribution in [-0.2, 0) is 5.60 Å². The molecule has 3 nitrogen and oxygen atoms in total. The van der Waals surface area contributed by atoms with Gasteiger partial charge < -0.3 is 10.1 Å². The summed E-state index contributed by atoms with van der Waals surface area (Å²) in [5, 5.41) is 11.2. The number of aromatic nitrogens is 2. The van der Waals surface area contributed by atoms with Crippen LogP contribution >= 0.6 is 11.6 Å². The van der Waals surface area contributed by atoms with Gasteiger partial charge in [-0.1, -0.05) is 60.1 Å². The molecule has 0 fully saturated rings. The Bertz CT molecular complexity index is 1170. The second kappa shape index (κ2) is 7.27. The van der Waals surface area contributed by atoms with Crippen LogP contribution in [-0.4, -0.2) is 15.1 Å². The molecule has 0 bridgehead atoms. The molecule has 140 valence electrons. The molecule has 4 heteroatoms. The van der Waals surface area contributed by atoms with E-state index in [1.807, 2.05) is 72.8 Å². The molecule has 0 aliphatic rings.